The van der Waals surface area contributed by atoms with E-state index >= 15 is 0 Å². The molecule has 2 aromatic rings. The molecule has 1 atom stereocenters. The van der Waals surface area contributed by atoms with Gasteiger partial charge >= 0.3 is 0 Å². The van der Waals surface area contributed by atoms with Crippen molar-refractivity contribution in [3.8, 4) is 0 Å². The van der Waals surface area contributed by atoms with Crippen molar-refractivity contribution in [3.05, 3.63) is 65.5 Å². The summed E-state index contributed by atoms with van der Waals surface area (Å²) in [4.78, 5) is 0. The number of amidine groups is 1. The van der Waals surface area contributed by atoms with Crippen LogP contribution in [0.2, 0.25) is 0 Å². The molecular weight excluding hydrogens is 269 g/mol. The van der Waals surface area contributed by atoms with Crippen molar-refractivity contribution in [1.82, 2.24) is 0 Å². The summed E-state index contributed by atoms with van der Waals surface area (Å²) in [5, 5.41) is 15.0. The van der Waals surface area contributed by atoms with E-state index in [1.54, 1.807) is 6.07 Å². The third-order valence-electron chi connectivity index (χ3n) is 3.30. The summed E-state index contributed by atoms with van der Waals surface area (Å²) in [7, 11) is 0. The molecule has 0 heterocycles. The minimum Gasteiger partial charge on any atom is -0.409 e. The van der Waals surface area contributed by atoms with Crippen LogP contribution in [0.4, 0.5) is 10.1 Å². The predicted octanol–water partition coefficient (Wildman–Crippen LogP) is 3.08. The standard InChI is InChI=1S/C16H18FN3O/c1-11-7-8-15(14(17)9-11)19-10-13(16(18)20-21)12-5-3-2-4-6-12/h2-9,13,19,21H,10H2,1H3,(H2,18,20). The van der Waals surface area contributed by atoms with Gasteiger partial charge in [0.25, 0.3) is 0 Å². The Kier molecular flexibility index (Phi) is 4.77. The lowest BCUT2D eigenvalue weighted by Crippen LogP contribution is -2.28. The molecule has 1 unspecified atom stereocenters. The van der Waals surface area contributed by atoms with Gasteiger partial charge in [0.15, 0.2) is 0 Å². The number of benzene rings is 2. The van der Waals surface area contributed by atoms with E-state index in [1.165, 1.54) is 6.07 Å². The smallest absolute Gasteiger partial charge is 0.148 e. The molecular formula is C16H18FN3O. The number of hydrogen-bond donors (Lipinski definition) is 3. The first-order valence-electron chi connectivity index (χ1n) is 6.64. The molecule has 110 valence electrons. The maximum atomic E-state index is 13.8. The molecule has 0 radical (unpaired) electrons. The molecule has 0 aliphatic rings. The summed E-state index contributed by atoms with van der Waals surface area (Å²) in [6.07, 6.45) is 0. The van der Waals surface area contributed by atoms with Crippen molar-refractivity contribution in [2.24, 2.45) is 10.9 Å². The quantitative estimate of drug-likeness (QED) is 0.342. The number of nitrogens with one attached hydrogen (secondary N) is 1. The van der Waals surface area contributed by atoms with Crippen molar-refractivity contribution < 1.29 is 9.60 Å². The zero-order chi connectivity index (χ0) is 15.2. The zero-order valence-electron chi connectivity index (χ0n) is 11.8. The number of nitrogens with two attached hydrogens (primary N) is 1. The first-order valence-corrected chi connectivity index (χ1v) is 6.64. The molecule has 0 fully saturated rings. The highest BCUT2D eigenvalue weighted by Gasteiger charge is 2.17. The lowest BCUT2D eigenvalue weighted by atomic mass is 9.98. The highest BCUT2D eigenvalue weighted by Crippen LogP contribution is 2.20. The van der Waals surface area contributed by atoms with Gasteiger partial charge < -0.3 is 16.3 Å². The molecule has 0 amide bonds. The summed E-state index contributed by atoms with van der Waals surface area (Å²) in [5.41, 5.74) is 7.89. The van der Waals surface area contributed by atoms with Crippen LogP contribution in [-0.4, -0.2) is 17.6 Å². The Bertz CT molecular complexity index is 629. The van der Waals surface area contributed by atoms with Crippen LogP contribution < -0.4 is 11.1 Å². The molecule has 0 aromatic heterocycles. The third-order valence-corrected chi connectivity index (χ3v) is 3.30. The normalized spacial score (nSPS) is 13.0. The number of hydrogen-bond acceptors (Lipinski definition) is 3. The van der Waals surface area contributed by atoms with Crippen molar-refractivity contribution in [2.45, 2.75) is 12.8 Å². The zero-order valence-corrected chi connectivity index (χ0v) is 11.8. The van der Waals surface area contributed by atoms with Crippen LogP contribution in [0, 0.1) is 12.7 Å². The summed E-state index contributed by atoms with van der Waals surface area (Å²) in [6.45, 7) is 2.16. The summed E-state index contributed by atoms with van der Waals surface area (Å²) < 4.78 is 13.8. The van der Waals surface area contributed by atoms with Crippen molar-refractivity contribution in [3.63, 3.8) is 0 Å². The molecule has 0 aliphatic heterocycles. The topological polar surface area (TPSA) is 70.6 Å². The molecule has 5 heteroatoms. The minimum absolute atomic E-state index is 0.0845. The molecule has 0 saturated carbocycles. The van der Waals surface area contributed by atoms with Gasteiger partial charge in [-0.2, -0.15) is 0 Å². The highest BCUT2D eigenvalue weighted by atomic mass is 19.1. The predicted molar refractivity (Wildman–Crippen MR) is 82.2 cm³/mol. The highest BCUT2D eigenvalue weighted by molar-refractivity contribution is 5.87. The van der Waals surface area contributed by atoms with Crippen LogP contribution in [0.25, 0.3) is 0 Å². The van der Waals surface area contributed by atoms with E-state index in [1.807, 2.05) is 43.3 Å². The largest absolute Gasteiger partial charge is 0.409 e. The van der Waals surface area contributed by atoms with Crippen molar-refractivity contribution in [2.75, 3.05) is 11.9 Å². The minimum atomic E-state index is -0.336. The van der Waals surface area contributed by atoms with Gasteiger partial charge in [0.2, 0.25) is 0 Å². The average Bonchev–Trinajstić information content (AvgIpc) is 2.50. The van der Waals surface area contributed by atoms with Crippen LogP contribution in [0.1, 0.15) is 17.0 Å². The van der Waals surface area contributed by atoms with E-state index in [-0.39, 0.29) is 17.6 Å². The van der Waals surface area contributed by atoms with Crippen molar-refractivity contribution >= 4 is 11.5 Å². The van der Waals surface area contributed by atoms with Crippen LogP contribution in [0.5, 0.6) is 0 Å². The Balaban J connectivity index is 2.17. The van der Waals surface area contributed by atoms with E-state index in [9.17, 15) is 4.39 Å². The number of anilines is 1. The Morgan fingerprint density at radius 1 is 1.29 bits per heavy atom. The Morgan fingerprint density at radius 2 is 2.00 bits per heavy atom. The van der Waals surface area contributed by atoms with Gasteiger partial charge in [0.05, 0.1) is 11.6 Å². The van der Waals surface area contributed by atoms with E-state index in [2.05, 4.69) is 10.5 Å². The number of halogens is 1. The lowest BCUT2D eigenvalue weighted by molar-refractivity contribution is 0.316. The number of rotatable bonds is 5. The second kappa shape index (κ2) is 6.74. The molecule has 4 N–H and O–H groups in total. The van der Waals surface area contributed by atoms with Gasteiger partial charge in [-0.1, -0.05) is 41.6 Å². The summed E-state index contributed by atoms with van der Waals surface area (Å²) in [5.74, 6) is -0.570. The fraction of sp³-hybridized carbons (Fsp3) is 0.188. The molecule has 21 heavy (non-hydrogen) atoms. The van der Waals surface area contributed by atoms with E-state index < -0.39 is 0 Å². The number of oxime groups is 1. The van der Waals surface area contributed by atoms with Crippen LogP contribution in [-0.2, 0) is 0 Å². The first-order chi connectivity index (χ1) is 10.1. The first kappa shape index (κ1) is 14.8. The molecule has 4 nitrogen and oxygen atoms in total. The molecule has 2 rings (SSSR count). The van der Waals surface area contributed by atoms with Gasteiger partial charge in [-0.05, 0) is 30.2 Å². The SMILES string of the molecule is Cc1ccc(NCC(C(N)=NO)c2ccccc2)c(F)c1. The Hall–Kier alpha value is -2.56. The lowest BCUT2D eigenvalue weighted by Gasteiger charge is -2.18. The molecule has 0 spiro atoms. The van der Waals surface area contributed by atoms with E-state index in [0.717, 1.165) is 11.1 Å². The van der Waals surface area contributed by atoms with Gasteiger partial charge in [-0.25, -0.2) is 4.39 Å². The average molecular weight is 287 g/mol. The molecule has 0 aliphatic carbocycles. The summed E-state index contributed by atoms with van der Waals surface area (Å²) >= 11 is 0. The van der Waals surface area contributed by atoms with E-state index in [0.29, 0.717) is 12.2 Å². The Labute approximate surface area is 123 Å². The Morgan fingerprint density at radius 3 is 2.62 bits per heavy atom. The molecule has 0 bridgehead atoms. The monoisotopic (exact) mass is 287 g/mol. The summed E-state index contributed by atoms with van der Waals surface area (Å²) in [6, 6.07) is 14.4. The van der Waals surface area contributed by atoms with Gasteiger partial charge in [0, 0.05) is 6.54 Å². The molecule has 0 saturated heterocycles. The second-order valence-corrected chi connectivity index (χ2v) is 4.85. The van der Waals surface area contributed by atoms with E-state index in [4.69, 9.17) is 10.9 Å². The maximum absolute atomic E-state index is 13.8. The number of aryl methyl sites for hydroxylation is 1. The fourth-order valence-electron chi connectivity index (χ4n) is 2.12. The van der Waals surface area contributed by atoms with Crippen LogP contribution in [0.15, 0.2) is 53.7 Å². The van der Waals surface area contributed by atoms with Gasteiger partial charge in [0.1, 0.15) is 11.7 Å². The fourth-order valence-corrected chi connectivity index (χ4v) is 2.12. The van der Waals surface area contributed by atoms with Gasteiger partial charge in [-0.3, -0.25) is 0 Å². The number of nitrogens with zero attached hydrogens (tertiary/aromatic N) is 1. The van der Waals surface area contributed by atoms with Crippen molar-refractivity contribution in [1.29, 1.82) is 0 Å². The van der Waals surface area contributed by atoms with Gasteiger partial charge in [-0.15, -0.1) is 0 Å². The maximum Gasteiger partial charge on any atom is 0.148 e. The van der Waals surface area contributed by atoms with Crippen LogP contribution in [0.3, 0.4) is 0 Å². The third kappa shape index (κ3) is 3.72. The second-order valence-electron chi connectivity index (χ2n) is 4.85. The molecule has 2 aromatic carbocycles. The van der Waals surface area contributed by atoms with Crippen LogP contribution >= 0.6 is 0 Å².